The molecule has 0 spiro atoms. The maximum atomic E-state index is 4.77. The summed E-state index contributed by atoms with van der Waals surface area (Å²) in [6.07, 6.45) is 1.96. The van der Waals surface area contributed by atoms with Crippen LogP contribution in [0.1, 0.15) is 53.1 Å². The molecule has 2 aromatic heterocycles. The monoisotopic (exact) mass is 246 g/mol. The number of nitrogens with zero attached hydrogens (tertiary/aromatic N) is 4. The van der Waals surface area contributed by atoms with E-state index >= 15 is 0 Å². The average Bonchev–Trinajstić information content (AvgIpc) is 2.52. The van der Waals surface area contributed by atoms with E-state index < -0.39 is 0 Å². The van der Waals surface area contributed by atoms with E-state index in [9.17, 15) is 0 Å². The van der Waals surface area contributed by atoms with Crippen LogP contribution in [0.4, 0.5) is 0 Å². The first kappa shape index (κ1) is 13.0. The minimum atomic E-state index is -0.0516. The van der Waals surface area contributed by atoms with Crippen molar-refractivity contribution in [1.82, 2.24) is 19.7 Å². The SMILES string of the molecule is Cn1cc2nc(C(C)(C)C)nc(C(C)(C)C)c2n1. The van der Waals surface area contributed by atoms with E-state index in [1.54, 1.807) is 4.68 Å². The number of aryl methyl sites for hydroxylation is 1. The average molecular weight is 246 g/mol. The van der Waals surface area contributed by atoms with Crippen LogP contribution in [0.5, 0.6) is 0 Å². The molecule has 18 heavy (non-hydrogen) atoms. The molecular formula is C14H22N4. The van der Waals surface area contributed by atoms with E-state index in [2.05, 4.69) is 51.6 Å². The van der Waals surface area contributed by atoms with Gasteiger partial charge >= 0.3 is 0 Å². The molecule has 0 N–H and O–H groups in total. The topological polar surface area (TPSA) is 43.6 Å². The van der Waals surface area contributed by atoms with E-state index in [0.29, 0.717) is 0 Å². The van der Waals surface area contributed by atoms with Gasteiger partial charge in [0.2, 0.25) is 0 Å². The predicted octanol–water partition coefficient (Wildman–Crippen LogP) is 2.96. The molecule has 0 bridgehead atoms. The molecule has 2 aromatic rings. The molecule has 0 aliphatic rings. The maximum Gasteiger partial charge on any atom is 0.134 e. The normalized spacial score (nSPS) is 13.3. The second-order valence-corrected chi connectivity index (χ2v) is 6.93. The molecule has 4 nitrogen and oxygen atoms in total. The molecule has 2 heterocycles. The number of fused-ring (bicyclic) bond motifs is 1. The minimum absolute atomic E-state index is 0.0322. The first-order valence-corrected chi connectivity index (χ1v) is 6.31. The van der Waals surface area contributed by atoms with Gasteiger partial charge in [0.25, 0.3) is 0 Å². The maximum absolute atomic E-state index is 4.77. The van der Waals surface area contributed by atoms with E-state index in [1.165, 1.54) is 0 Å². The van der Waals surface area contributed by atoms with Gasteiger partial charge in [-0.2, -0.15) is 5.10 Å². The van der Waals surface area contributed by atoms with Gasteiger partial charge < -0.3 is 0 Å². The van der Waals surface area contributed by atoms with E-state index in [1.807, 2.05) is 13.2 Å². The van der Waals surface area contributed by atoms with Crippen LogP contribution in [0.25, 0.3) is 11.0 Å². The van der Waals surface area contributed by atoms with Crippen LogP contribution in [-0.2, 0) is 17.9 Å². The first-order valence-electron chi connectivity index (χ1n) is 6.31. The summed E-state index contributed by atoms with van der Waals surface area (Å²) < 4.78 is 1.81. The molecule has 0 radical (unpaired) electrons. The molecule has 0 aliphatic carbocycles. The second-order valence-electron chi connectivity index (χ2n) is 6.93. The lowest BCUT2D eigenvalue weighted by molar-refractivity contribution is 0.519. The zero-order valence-electron chi connectivity index (χ0n) is 12.4. The van der Waals surface area contributed by atoms with Crippen molar-refractivity contribution in [3.63, 3.8) is 0 Å². The van der Waals surface area contributed by atoms with E-state index in [4.69, 9.17) is 4.98 Å². The highest BCUT2D eigenvalue weighted by Gasteiger charge is 2.26. The lowest BCUT2D eigenvalue weighted by atomic mass is 9.89. The summed E-state index contributed by atoms with van der Waals surface area (Å²) >= 11 is 0. The molecular weight excluding hydrogens is 224 g/mol. The van der Waals surface area contributed by atoms with Crippen molar-refractivity contribution in [2.24, 2.45) is 7.05 Å². The molecule has 0 saturated carbocycles. The van der Waals surface area contributed by atoms with Crippen LogP contribution < -0.4 is 0 Å². The third-order valence-corrected chi connectivity index (χ3v) is 2.86. The molecule has 0 aromatic carbocycles. The van der Waals surface area contributed by atoms with Crippen molar-refractivity contribution in [2.75, 3.05) is 0 Å². The van der Waals surface area contributed by atoms with Crippen LogP contribution in [-0.4, -0.2) is 19.7 Å². The number of hydrogen-bond donors (Lipinski definition) is 0. The largest absolute Gasteiger partial charge is 0.273 e. The molecule has 0 saturated heterocycles. The van der Waals surface area contributed by atoms with Gasteiger partial charge in [0, 0.05) is 17.9 Å². The molecule has 0 atom stereocenters. The summed E-state index contributed by atoms with van der Waals surface area (Å²) in [5.74, 6) is 0.882. The third-order valence-electron chi connectivity index (χ3n) is 2.86. The third kappa shape index (κ3) is 2.24. The number of hydrogen-bond acceptors (Lipinski definition) is 3. The molecule has 0 amide bonds. The highest BCUT2D eigenvalue weighted by atomic mass is 15.3. The van der Waals surface area contributed by atoms with Gasteiger partial charge in [0.05, 0.1) is 11.9 Å². The summed E-state index contributed by atoms with van der Waals surface area (Å²) in [4.78, 5) is 9.42. The fraction of sp³-hybridized carbons (Fsp3) is 0.643. The fourth-order valence-electron chi connectivity index (χ4n) is 1.88. The van der Waals surface area contributed by atoms with E-state index in [0.717, 1.165) is 22.6 Å². The van der Waals surface area contributed by atoms with Gasteiger partial charge in [-0.25, -0.2) is 9.97 Å². The van der Waals surface area contributed by atoms with Crippen molar-refractivity contribution in [3.8, 4) is 0 Å². The Morgan fingerprint density at radius 3 is 2.06 bits per heavy atom. The minimum Gasteiger partial charge on any atom is -0.273 e. The van der Waals surface area contributed by atoms with Crippen molar-refractivity contribution >= 4 is 11.0 Å². The van der Waals surface area contributed by atoms with Crippen molar-refractivity contribution < 1.29 is 0 Å². The van der Waals surface area contributed by atoms with Crippen LogP contribution in [0.15, 0.2) is 6.20 Å². The van der Waals surface area contributed by atoms with E-state index in [-0.39, 0.29) is 10.8 Å². The van der Waals surface area contributed by atoms with Crippen molar-refractivity contribution in [1.29, 1.82) is 0 Å². The highest BCUT2D eigenvalue weighted by Crippen LogP contribution is 2.29. The van der Waals surface area contributed by atoms with Crippen molar-refractivity contribution in [2.45, 2.75) is 52.4 Å². The highest BCUT2D eigenvalue weighted by molar-refractivity contribution is 5.77. The quantitative estimate of drug-likeness (QED) is 0.717. The fourth-order valence-corrected chi connectivity index (χ4v) is 1.88. The summed E-state index contributed by atoms with van der Waals surface area (Å²) in [7, 11) is 1.92. The van der Waals surface area contributed by atoms with Crippen LogP contribution >= 0.6 is 0 Å². The zero-order valence-corrected chi connectivity index (χ0v) is 12.4. The van der Waals surface area contributed by atoms with Crippen LogP contribution in [0.2, 0.25) is 0 Å². The smallest absolute Gasteiger partial charge is 0.134 e. The van der Waals surface area contributed by atoms with Gasteiger partial charge in [-0.05, 0) is 0 Å². The van der Waals surface area contributed by atoms with Gasteiger partial charge in [0.1, 0.15) is 16.9 Å². The Hall–Kier alpha value is -1.45. The Morgan fingerprint density at radius 2 is 1.56 bits per heavy atom. The Balaban J connectivity index is 2.81. The van der Waals surface area contributed by atoms with Crippen LogP contribution in [0.3, 0.4) is 0 Å². The first-order chi connectivity index (χ1) is 8.09. The second kappa shape index (κ2) is 3.77. The molecule has 0 fully saturated rings. The Bertz CT molecular complexity index is 582. The lowest BCUT2D eigenvalue weighted by Gasteiger charge is -2.22. The van der Waals surface area contributed by atoms with Crippen LogP contribution in [0, 0.1) is 0 Å². The Morgan fingerprint density at radius 1 is 0.944 bits per heavy atom. The zero-order chi connectivity index (χ0) is 13.7. The van der Waals surface area contributed by atoms with Gasteiger partial charge in [-0.15, -0.1) is 0 Å². The van der Waals surface area contributed by atoms with Gasteiger partial charge in [0.15, 0.2) is 0 Å². The molecule has 0 aliphatic heterocycles. The summed E-state index contributed by atoms with van der Waals surface area (Å²) in [5, 5.41) is 4.49. The number of rotatable bonds is 0. The lowest BCUT2D eigenvalue weighted by Crippen LogP contribution is -2.22. The molecule has 0 unspecified atom stereocenters. The molecule has 98 valence electrons. The Labute approximate surface area is 108 Å². The standard InChI is InChI=1S/C14H22N4/c1-13(2,3)11-10-9(8-18(7)17-10)15-12(16-11)14(4,5)6/h8H,1-7H3. The molecule has 2 rings (SSSR count). The van der Waals surface area contributed by atoms with Gasteiger partial charge in [-0.1, -0.05) is 41.5 Å². The summed E-state index contributed by atoms with van der Waals surface area (Å²) in [5.41, 5.74) is 2.79. The molecule has 4 heteroatoms. The van der Waals surface area contributed by atoms with Crippen molar-refractivity contribution in [3.05, 3.63) is 17.7 Å². The van der Waals surface area contributed by atoms with Gasteiger partial charge in [-0.3, -0.25) is 4.68 Å². The number of aromatic nitrogens is 4. The summed E-state index contributed by atoms with van der Waals surface area (Å²) in [6.45, 7) is 12.9. The Kier molecular flexibility index (Phi) is 2.72. The predicted molar refractivity (Wildman–Crippen MR) is 73.7 cm³/mol. The summed E-state index contributed by atoms with van der Waals surface area (Å²) in [6, 6.07) is 0.